The molecule has 2 rings (SSSR count). The zero-order valence-corrected chi connectivity index (χ0v) is 13.8. The normalized spacial score (nSPS) is 10.4. The van der Waals surface area contributed by atoms with Crippen molar-refractivity contribution < 1.29 is 4.79 Å². The van der Waals surface area contributed by atoms with Crippen LogP contribution in [0.4, 0.5) is 0 Å². The van der Waals surface area contributed by atoms with Gasteiger partial charge < -0.3 is 10.6 Å². The Labute approximate surface area is 137 Å². The average molecular weight is 368 g/mol. The third-order valence-corrected chi connectivity index (χ3v) is 4.38. The monoisotopic (exact) mass is 366 g/mol. The number of nitrogens with two attached hydrogens (primary N) is 1. The molecule has 0 radical (unpaired) electrons. The highest BCUT2D eigenvalue weighted by Gasteiger charge is 2.19. The zero-order chi connectivity index (χ0) is 15.2. The van der Waals surface area contributed by atoms with E-state index in [1.165, 1.54) is 0 Å². The molecule has 2 aromatic rings. The van der Waals surface area contributed by atoms with Gasteiger partial charge in [0.15, 0.2) is 0 Å². The van der Waals surface area contributed by atoms with Gasteiger partial charge in [0.1, 0.15) is 0 Å². The summed E-state index contributed by atoms with van der Waals surface area (Å²) in [6.07, 6.45) is 0. The summed E-state index contributed by atoms with van der Waals surface area (Å²) < 4.78 is 0.711. The van der Waals surface area contributed by atoms with Gasteiger partial charge in [0.25, 0.3) is 5.91 Å². The Bertz CT molecular complexity index is 619. The predicted molar refractivity (Wildman–Crippen MR) is 89.4 cm³/mol. The Morgan fingerprint density at radius 3 is 2.52 bits per heavy atom. The first kappa shape index (κ1) is 16.0. The van der Waals surface area contributed by atoms with Gasteiger partial charge in [0.2, 0.25) is 0 Å². The van der Waals surface area contributed by atoms with Crippen LogP contribution in [0.25, 0.3) is 0 Å². The molecule has 0 heterocycles. The maximum absolute atomic E-state index is 12.7. The van der Waals surface area contributed by atoms with Crippen molar-refractivity contribution in [1.82, 2.24) is 4.90 Å². The second-order valence-electron chi connectivity index (χ2n) is 4.60. The summed E-state index contributed by atoms with van der Waals surface area (Å²) in [4.78, 5) is 14.4. The molecule has 0 spiro atoms. The molecule has 0 saturated heterocycles. The van der Waals surface area contributed by atoms with Gasteiger partial charge in [-0.25, -0.2) is 0 Å². The highest BCUT2D eigenvalue weighted by Crippen LogP contribution is 2.27. The lowest BCUT2D eigenvalue weighted by molar-refractivity contribution is 0.0748. The number of carbonyl (C=O) groups excluding carboxylic acids is 1. The number of hydrogen-bond donors (Lipinski definition) is 1. The third kappa shape index (κ3) is 4.06. The van der Waals surface area contributed by atoms with Gasteiger partial charge in [0, 0.05) is 24.1 Å². The van der Waals surface area contributed by atoms with Gasteiger partial charge >= 0.3 is 0 Å². The van der Waals surface area contributed by atoms with E-state index in [2.05, 4.69) is 15.9 Å². The molecular formula is C16H16BrClN2O. The van der Waals surface area contributed by atoms with Crippen molar-refractivity contribution in [3.05, 3.63) is 69.2 Å². The molecule has 110 valence electrons. The van der Waals surface area contributed by atoms with Crippen molar-refractivity contribution in [2.75, 3.05) is 13.1 Å². The molecule has 2 aromatic carbocycles. The summed E-state index contributed by atoms with van der Waals surface area (Å²) in [6.45, 7) is 1.40. The molecular weight excluding hydrogens is 352 g/mol. The molecule has 0 fully saturated rings. The minimum Gasteiger partial charge on any atom is -0.333 e. The van der Waals surface area contributed by atoms with E-state index in [0.29, 0.717) is 34.7 Å². The lowest BCUT2D eigenvalue weighted by atomic mass is 10.1. The molecule has 0 aliphatic heterocycles. The molecule has 0 saturated carbocycles. The van der Waals surface area contributed by atoms with E-state index in [0.717, 1.165) is 5.56 Å². The Balaban J connectivity index is 2.25. The molecule has 0 atom stereocenters. The predicted octanol–water partition coefficient (Wildman–Crippen LogP) is 3.70. The fourth-order valence-electron chi connectivity index (χ4n) is 2.05. The second-order valence-corrected chi connectivity index (χ2v) is 5.83. The first-order valence-electron chi connectivity index (χ1n) is 6.60. The third-order valence-electron chi connectivity index (χ3n) is 3.08. The van der Waals surface area contributed by atoms with Crippen LogP contribution in [-0.4, -0.2) is 23.9 Å². The Kier molecular flexibility index (Phi) is 5.79. The highest BCUT2D eigenvalue weighted by atomic mass is 79.9. The summed E-state index contributed by atoms with van der Waals surface area (Å²) >= 11 is 9.55. The standard InChI is InChI=1S/C16H16BrClN2O/c17-14-8-4-7-13(15(14)18)16(21)20(10-9-19)11-12-5-2-1-3-6-12/h1-8H,9-11,19H2. The van der Waals surface area contributed by atoms with Crippen molar-refractivity contribution in [3.63, 3.8) is 0 Å². The van der Waals surface area contributed by atoms with E-state index in [-0.39, 0.29) is 5.91 Å². The maximum atomic E-state index is 12.7. The Hall–Kier alpha value is -1.36. The van der Waals surface area contributed by atoms with Gasteiger partial charge in [-0.2, -0.15) is 0 Å². The number of halogens is 2. The lowest BCUT2D eigenvalue weighted by Gasteiger charge is -2.23. The quantitative estimate of drug-likeness (QED) is 0.876. The molecule has 0 unspecified atom stereocenters. The van der Waals surface area contributed by atoms with Crippen molar-refractivity contribution in [2.24, 2.45) is 5.73 Å². The zero-order valence-electron chi connectivity index (χ0n) is 11.4. The van der Waals surface area contributed by atoms with E-state index < -0.39 is 0 Å². The number of carbonyl (C=O) groups is 1. The Morgan fingerprint density at radius 1 is 1.14 bits per heavy atom. The SMILES string of the molecule is NCCN(Cc1ccccc1)C(=O)c1cccc(Br)c1Cl. The summed E-state index contributed by atoms with van der Waals surface area (Å²) in [5, 5.41) is 0.428. The summed E-state index contributed by atoms with van der Waals surface area (Å²) in [5.74, 6) is -0.115. The molecule has 0 aliphatic carbocycles. The van der Waals surface area contributed by atoms with E-state index in [9.17, 15) is 4.79 Å². The first-order chi connectivity index (χ1) is 10.1. The first-order valence-corrected chi connectivity index (χ1v) is 7.78. The van der Waals surface area contributed by atoms with Crippen LogP contribution in [0.15, 0.2) is 53.0 Å². The molecule has 2 N–H and O–H groups in total. The van der Waals surface area contributed by atoms with Crippen LogP contribution in [-0.2, 0) is 6.54 Å². The van der Waals surface area contributed by atoms with Gasteiger partial charge in [-0.15, -0.1) is 0 Å². The van der Waals surface area contributed by atoms with Crippen LogP contribution in [0.5, 0.6) is 0 Å². The molecule has 3 nitrogen and oxygen atoms in total. The molecule has 1 amide bonds. The molecule has 21 heavy (non-hydrogen) atoms. The molecule has 0 aliphatic rings. The minimum atomic E-state index is -0.115. The topological polar surface area (TPSA) is 46.3 Å². The van der Waals surface area contributed by atoms with Crippen molar-refractivity contribution in [2.45, 2.75) is 6.54 Å². The number of rotatable bonds is 5. The second kappa shape index (κ2) is 7.59. The van der Waals surface area contributed by atoms with Gasteiger partial charge in [0.05, 0.1) is 10.6 Å². The Morgan fingerprint density at radius 2 is 1.86 bits per heavy atom. The minimum absolute atomic E-state index is 0.115. The van der Waals surface area contributed by atoms with E-state index in [1.54, 1.807) is 17.0 Å². The van der Waals surface area contributed by atoms with E-state index in [1.807, 2.05) is 36.4 Å². The molecule has 5 heteroatoms. The van der Waals surface area contributed by atoms with E-state index in [4.69, 9.17) is 17.3 Å². The lowest BCUT2D eigenvalue weighted by Crippen LogP contribution is -2.35. The van der Waals surface area contributed by atoms with Crippen LogP contribution in [0.2, 0.25) is 5.02 Å². The summed E-state index contributed by atoms with van der Waals surface area (Å²) in [6, 6.07) is 15.2. The fraction of sp³-hybridized carbons (Fsp3) is 0.188. The van der Waals surface area contributed by atoms with Crippen LogP contribution >= 0.6 is 27.5 Å². The van der Waals surface area contributed by atoms with Crippen molar-refractivity contribution in [1.29, 1.82) is 0 Å². The fourth-order valence-corrected chi connectivity index (χ4v) is 2.62. The largest absolute Gasteiger partial charge is 0.333 e. The van der Waals surface area contributed by atoms with Crippen LogP contribution < -0.4 is 5.73 Å². The van der Waals surface area contributed by atoms with Gasteiger partial charge in [-0.3, -0.25) is 4.79 Å². The van der Waals surface area contributed by atoms with Crippen LogP contribution in [0.1, 0.15) is 15.9 Å². The highest BCUT2D eigenvalue weighted by molar-refractivity contribution is 9.10. The summed E-state index contributed by atoms with van der Waals surface area (Å²) in [7, 11) is 0. The molecule has 0 aromatic heterocycles. The van der Waals surface area contributed by atoms with Gasteiger partial charge in [-0.05, 0) is 33.6 Å². The maximum Gasteiger partial charge on any atom is 0.255 e. The number of nitrogens with zero attached hydrogens (tertiary/aromatic N) is 1. The van der Waals surface area contributed by atoms with Crippen molar-refractivity contribution in [3.8, 4) is 0 Å². The number of hydrogen-bond acceptors (Lipinski definition) is 2. The molecule has 0 bridgehead atoms. The average Bonchev–Trinajstić information content (AvgIpc) is 2.50. The van der Waals surface area contributed by atoms with Gasteiger partial charge in [-0.1, -0.05) is 48.0 Å². The van der Waals surface area contributed by atoms with Crippen LogP contribution in [0.3, 0.4) is 0 Å². The number of benzene rings is 2. The van der Waals surface area contributed by atoms with Crippen LogP contribution in [0, 0.1) is 0 Å². The van der Waals surface area contributed by atoms with Crippen molar-refractivity contribution >= 4 is 33.4 Å². The smallest absolute Gasteiger partial charge is 0.255 e. The van der Waals surface area contributed by atoms with E-state index >= 15 is 0 Å². The summed E-state index contributed by atoms with van der Waals surface area (Å²) in [5.41, 5.74) is 7.17. The number of amides is 1.